The summed E-state index contributed by atoms with van der Waals surface area (Å²) in [4.78, 5) is 13.0. The van der Waals surface area contributed by atoms with Gasteiger partial charge < -0.3 is 16.0 Å². The van der Waals surface area contributed by atoms with Gasteiger partial charge in [-0.2, -0.15) is 0 Å². The van der Waals surface area contributed by atoms with Crippen LogP contribution in [0.25, 0.3) is 0 Å². The monoisotopic (exact) mass is 269 g/mol. The number of urea groups is 1. The number of amides is 2. The molecule has 0 aliphatic carbocycles. The van der Waals surface area contributed by atoms with Crippen LogP contribution < -0.4 is 11.1 Å². The van der Waals surface area contributed by atoms with Crippen LogP contribution in [0.15, 0.2) is 29.2 Å². The van der Waals surface area contributed by atoms with Gasteiger partial charge in [0.2, 0.25) is 0 Å². The molecule has 98 valence electrons. The molecule has 2 amide bonds. The number of nitrogen functional groups attached to an aromatic ring is 1. The minimum atomic E-state index is -3.37. The molecule has 3 N–H and O–H groups in total. The van der Waals surface area contributed by atoms with E-state index in [-0.39, 0.29) is 23.2 Å². The zero-order valence-corrected chi connectivity index (χ0v) is 10.6. The zero-order chi connectivity index (χ0) is 13.2. The molecular weight excluding hydrogens is 254 g/mol. The van der Waals surface area contributed by atoms with Gasteiger partial charge in [-0.25, -0.2) is 13.2 Å². The van der Waals surface area contributed by atoms with E-state index in [1.165, 1.54) is 17.0 Å². The molecule has 0 spiro atoms. The predicted molar refractivity (Wildman–Crippen MR) is 67.9 cm³/mol. The van der Waals surface area contributed by atoms with Crippen molar-refractivity contribution < 1.29 is 13.2 Å². The summed E-state index contributed by atoms with van der Waals surface area (Å²) in [5, 5.41) is 2.63. The van der Waals surface area contributed by atoms with E-state index in [1.54, 1.807) is 12.1 Å². The van der Waals surface area contributed by atoms with E-state index in [4.69, 9.17) is 5.73 Å². The van der Waals surface area contributed by atoms with E-state index in [0.717, 1.165) is 0 Å². The molecule has 0 saturated carbocycles. The van der Waals surface area contributed by atoms with Gasteiger partial charge >= 0.3 is 6.03 Å². The first-order chi connectivity index (χ1) is 8.49. The van der Waals surface area contributed by atoms with Crippen LogP contribution in [-0.4, -0.2) is 44.7 Å². The lowest BCUT2D eigenvalue weighted by atomic mass is 10.3. The van der Waals surface area contributed by atoms with Gasteiger partial charge in [-0.15, -0.1) is 0 Å². The van der Waals surface area contributed by atoms with Crippen molar-refractivity contribution in [1.82, 2.24) is 10.2 Å². The van der Waals surface area contributed by atoms with Gasteiger partial charge in [-0.05, 0) is 24.3 Å². The molecule has 1 saturated heterocycles. The topological polar surface area (TPSA) is 92.5 Å². The van der Waals surface area contributed by atoms with Crippen molar-refractivity contribution in [2.45, 2.75) is 4.90 Å². The number of carbonyl (C=O) groups excluding carboxylic acids is 1. The molecule has 0 atom stereocenters. The van der Waals surface area contributed by atoms with Crippen LogP contribution in [-0.2, 0) is 9.84 Å². The van der Waals surface area contributed by atoms with Gasteiger partial charge in [0, 0.05) is 25.3 Å². The molecule has 2 rings (SSSR count). The maximum absolute atomic E-state index is 12.0. The molecule has 1 fully saturated rings. The Morgan fingerprint density at radius 1 is 1.28 bits per heavy atom. The highest BCUT2D eigenvalue weighted by atomic mass is 32.2. The lowest BCUT2D eigenvalue weighted by Crippen LogP contribution is -2.32. The molecule has 6 nitrogen and oxygen atoms in total. The van der Waals surface area contributed by atoms with Crippen LogP contribution in [0.2, 0.25) is 0 Å². The third kappa shape index (κ3) is 2.73. The molecule has 0 radical (unpaired) electrons. The second kappa shape index (κ2) is 4.85. The van der Waals surface area contributed by atoms with Crippen LogP contribution in [0.3, 0.4) is 0 Å². The first kappa shape index (κ1) is 12.7. The van der Waals surface area contributed by atoms with Gasteiger partial charge in [0.05, 0.1) is 10.6 Å². The average molecular weight is 269 g/mol. The second-order valence-electron chi connectivity index (χ2n) is 4.11. The number of nitrogens with one attached hydrogen (secondary N) is 1. The number of benzene rings is 1. The van der Waals surface area contributed by atoms with E-state index < -0.39 is 9.84 Å². The van der Waals surface area contributed by atoms with Crippen molar-refractivity contribution in [3.05, 3.63) is 24.3 Å². The number of hydrogen-bond donors (Lipinski definition) is 2. The van der Waals surface area contributed by atoms with E-state index in [9.17, 15) is 13.2 Å². The SMILES string of the molecule is Nc1ccc(S(=O)(=O)CCN2CCNC2=O)cc1. The Hall–Kier alpha value is -1.76. The number of carbonyl (C=O) groups is 1. The van der Waals surface area contributed by atoms with Crippen molar-refractivity contribution in [2.24, 2.45) is 0 Å². The Balaban J connectivity index is 2.03. The van der Waals surface area contributed by atoms with Crippen molar-refractivity contribution >= 4 is 21.6 Å². The van der Waals surface area contributed by atoms with E-state index in [1.807, 2.05) is 0 Å². The quantitative estimate of drug-likeness (QED) is 0.756. The molecule has 1 heterocycles. The van der Waals surface area contributed by atoms with Crippen molar-refractivity contribution in [1.29, 1.82) is 0 Å². The third-order valence-corrected chi connectivity index (χ3v) is 4.52. The first-order valence-electron chi connectivity index (χ1n) is 5.60. The molecule has 1 aliphatic rings. The number of anilines is 1. The summed E-state index contributed by atoms with van der Waals surface area (Å²) in [5.41, 5.74) is 6.03. The Labute approximate surface area is 106 Å². The lowest BCUT2D eigenvalue weighted by molar-refractivity contribution is 0.220. The van der Waals surface area contributed by atoms with Crippen LogP contribution in [0.4, 0.5) is 10.5 Å². The Morgan fingerprint density at radius 3 is 2.50 bits per heavy atom. The van der Waals surface area contributed by atoms with Gasteiger partial charge in [0.1, 0.15) is 0 Å². The van der Waals surface area contributed by atoms with Crippen LogP contribution >= 0.6 is 0 Å². The molecule has 1 aliphatic heterocycles. The van der Waals surface area contributed by atoms with Gasteiger partial charge in [-0.3, -0.25) is 0 Å². The summed E-state index contributed by atoms with van der Waals surface area (Å²) in [6.07, 6.45) is 0. The normalized spacial score (nSPS) is 15.8. The van der Waals surface area contributed by atoms with Crippen molar-refractivity contribution in [3.63, 3.8) is 0 Å². The van der Waals surface area contributed by atoms with Gasteiger partial charge in [-0.1, -0.05) is 0 Å². The average Bonchev–Trinajstić information content (AvgIpc) is 2.73. The fraction of sp³-hybridized carbons (Fsp3) is 0.364. The standard InChI is InChI=1S/C11H15N3O3S/c12-9-1-3-10(4-2-9)18(16,17)8-7-14-6-5-13-11(14)15/h1-4H,5-8,12H2,(H,13,15). The summed E-state index contributed by atoms with van der Waals surface area (Å²) < 4.78 is 24.0. The number of sulfone groups is 1. The number of hydrogen-bond acceptors (Lipinski definition) is 4. The summed E-state index contributed by atoms with van der Waals surface area (Å²) in [5.74, 6) is -0.0790. The highest BCUT2D eigenvalue weighted by molar-refractivity contribution is 7.91. The van der Waals surface area contributed by atoms with E-state index in [2.05, 4.69) is 5.32 Å². The Morgan fingerprint density at radius 2 is 1.94 bits per heavy atom. The van der Waals surface area contributed by atoms with E-state index in [0.29, 0.717) is 18.8 Å². The molecule has 1 aromatic rings. The molecule has 18 heavy (non-hydrogen) atoms. The summed E-state index contributed by atoms with van der Waals surface area (Å²) >= 11 is 0. The molecular formula is C11H15N3O3S. The molecule has 0 bridgehead atoms. The zero-order valence-electron chi connectivity index (χ0n) is 9.80. The summed E-state index contributed by atoms with van der Waals surface area (Å²) in [6, 6.07) is 5.86. The van der Waals surface area contributed by atoms with Crippen molar-refractivity contribution in [3.8, 4) is 0 Å². The van der Waals surface area contributed by atoms with Gasteiger partial charge in [0.15, 0.2) is 9.84 Å². The second-order valence-corrected chi connectivity index (χ2v) is 6.22. The minimum absolute atomic E-state index is 0.0790. The Kier molecular flexibility index (Phi) is 3.42. The van der Waals surface area contributed by atoms with Crippen molar-refractivity contribution in [2.75, 3.05) is 31.1 Å². The first-order valence-corrected chi connectivity index (χ1v) is 7.25. The maximum atomic E-state index is 12.0. The smallest absolute Gasteiger partial charge is 0.317 e. The number of nitrogens with two attached hydrogens (primary N) is 1. The highest BCUT2D eigenvalue weighted by Gasteiger charge is 2.22. The molecule has 0 unspecified atom stereocenters. The largest absolute Gasteiger partial charge is 0.399 e. The lowest BCUT2D eigenvalue weighted by Gasteiger charge is -2.13. The number of nitrogens with zero attached hydrogens (tertiary/aromatic N) is 1. The number of rotatable bonds is 4. The highest BCUT2D eigenvalue weighted by Crippen LogP contribution is 2.13. The predicted octanol–water partition coefficient (Wildman–Crippen LogP) is 0.0677. The van der Waals surface area contributed by atoms with Crippen LogP contribution in [0.5, 0.6) is 0 Å². The fourth-order valence-electron chi connectivity index (χ4n) is 1.75. The van der Waals surface area contributed by atoms with E-state index >= 15 is 0 Å². The minimum Gasteiger partial charge on any atom is -0.399 e. The third-order valence-electron chi connectivity index (χ3n) is 2.81. The molecule has 1 aromatic carbocycles. The molecule has 7 heteroatoms. The summed E-state index contributed by atoms with van der Waals surface area (Å²) in [7, 11) is -3.37. The van der Waals surface area contributed by atoms with Gasteiger partial charge in [0.25, 0.3) is 0 Å². The fourth-order valence-corrected chi connectivity index (χ4v) is 3.00. The Bertz CT molecular complexity index is 539. The molecule has 0 aromatic heterocycles. The maximum Gasteiger partial charge on any atom is 0.317 e. The van der Waals surface area contributed by atoms with Crippen LogP contribution in [0.1, 0.15) is 0 Å². The summed E-state index contributed by atoms with van der Waals surface area (Å²) in [6.45, 7) is 1.33. The van der Waals surface area contributed by atoms with Crippen LogP contribution in [0, 0.1) is 0 Å².